The maximum Gasteiger partial charge on any atom is 0.122 e. The molecule has 3 N–H and O–H groups in total. The summed E-state index contributed by atoms with van der Waals surface area (Å²) in [4.78, 5) is 0. The van der Waals surface area contributed by atoms with Gasteiger partial charge in [0, 0.05) is 0 Å². The highest BCUT2D eigenvalue weighted by atomic mass is 16.3. The van der Waals surface area contributed by atoms with Gasteiger partial charge in [0.05, 0.1) is 12.3 Å². The van der Waals surface area contributed by atoms with E-state index in [1.807, 2.05) is 12.1 Å². The van der Waals surface area contributed by atoms with Crippen molar-refractivity contribution in [1.82, 2.24) is 5.43 Å². The van der Waals surface area contributed by atoms with E-state index in [-0.39, 0.29) is 6.04 Å². The van der Waals surface area contributed by atoms with Crippen molar-refractivity contribution in [1.29, 1.82) is 0 Å². The molecule has 0 radical (unpaired) electrons. The highest BCUT2D eigenvalue weighted by Crippen LogP contribution is 2.39. The minimum absolute atomic E-state index is 0.183. The number of hydrogen-bond acceptors (Lipinski definition) is 3. The van der Waals surface area contributed by atoms with Crippen molar-refractivity contribution in [2.75, 3.05) is 0 Å². The Hall–Kier alpha value is -0.800. The van der Waals surface area contributed by atoms with Gasteiger partial charge in [-0.05, 0) is 30.4 Å². The fourth-order valence-corrected chi connectivity index (χ4v) is 2.55. The number of nitrogens with one attached hydrogen (secondary N) is 1. The van der Waals surface area contributed by atoms with Crippen molar-refractivity contribution in [3.05, 3.63) is 24.2 Å². The van der Waals surface area contributed by atoms with Crippen LogP contribution in [0.2, 0.25) is 0 Å². The van der Waals surface area contributed by atoms with E-state index in [9.17, 15) is 0 Å². The van der Waals surface area contributed by atoms with Crippen LogP contribution in [0.15, 0.2) is 22.8 Å². The summed E-state index contributed by atoms with van der Waals surface area (Å²) in [5.74, 6) is 7.91. The molecule has 3 atom stereocenters. The van der Waals surface area contributed by atoms with Crippen LogP contribution < -0.4 is 11.3 Å². The van der Waals surface area contributed by atoms with Gasteiger partial charge < -0.3 is 4.42 Å². The molecular weight excluding hydrogens is 176 g/mol. The Morgan fingerprint density at radius 2 is 2.43 bits per heavy atom. The van der Waals surface area contributed by atoms with Crippen molar-refractivity contribution in [3.63, 3.8) is 0 Å². The molecule has 1 aromatic rings. The predicted molar refractivity (Wildman–Crippen MR) is 55.3 cm³/mol. The second-order valence-electron chi connectivity index (χ2n) is 4.23. The number of nitrogens with two attached hydrogens (primary N) is 1. The summed E-state index contributed by atoms with van der Waals surface area (Å²) in [5, 5.41) is 0. The van der Waals surface area contributed by atoms with Gasteiger partial charge in [-0.25, -0.2) is 5.43 Å². The highest BCUT2D eigenvalue weighted by Gasteiger charge is 2.32. The van der Waals surface area contributed by atoms with Crippen LogP contribution in [0.1, 0.15) is 38.0 Å². The van der Waals surface area contributed by atoms with Crippen LogP contribution in [-0.2, 0) is 0 Å². The van der Waals surface area contributed by atoms with E-state index >= 15 is 0 Å². The third kappa shape index (κ3) is 1.70. The lowest BCUT2D eigenvalue weighted by molar-refractivity contribution is 0.268. The van der Waals surface area contributed by atoms with E-state index in [4.69, 9.17) is 10.3 Å². The zero-order chi connectivity index (χ0) is 9.97. The van der Waals surface area contributed by atoms with Crippen LogP contribution >= 0.6 is 0 Å². The Bertz CT molecular complexity index is 271. The minimum atomic E-state index is 0.183. The number of furan rings is 1. The molecule has 3 nitrogen and oxygen atoms in total. The quantitative estimate of drug-likeness (QED) is 0.573. The van der Waals surface area contributed by atoms with E-state index in [2.05, 4.69) is 12.3 Å². The lowest BCUT2D eigenvalue weighted by Crippen LogP contribution is -2.34. The molecule has 1 aliphatic carbocycles. The first-order valence-electron chi connectivity index (χ1n) is 5.32. The molecule has 0 aliphatic heterocycles. The molecule has 3 unspecified atom stereocenters. The summed E-state index contributed by atoms with van der Waals surface area (Å²) in [6.07, 6.45) is 5.57. The Morgan fingerprint density at radius 1 is 1.57 bits per heavy atom. The zero-order valence-electron chi connectivity index (χ0n) is 8.57. The molecule has 1 saturated carbocycles. The van der Waals surface area contributed by atoms with Crippen molar-refractivity contribution < 1.29 is 4.42 Å². The summed E-state index contributed by atoms with van der Waals surface area (Å²) in [6, 6.07) is 4.09. The van der Waals surface area contributed by atoms with Crippen molar-refractivity contribution in [2.45, 2.75) is 32.2 Å². The Kier molecular flexibility index (Phi) is 2.89. The maximum absolute atomic E-state index is 5.60. The van der Waals surface area contributed by atoms with Gasteiger partial charge in [0.25, 0.3) is 0 Å². The lowest BCUT2D eigenvalue weighted by Gasteiger charge is -2.24. The molecule has 0 amide bonds. The Morgan fingerprint density at radius 3 is 2.93 bits per heavy atom. The lowest BCUT2D eigenvalue weighted by atomic mass is 9.89. The monoisotopic (exact) mass is 194 g/mol. The van der Waals surface area contributed by atoms with Gasteiger partial charge in [0.2, 0.25) is 0 Å². The van der Waals surface area contributed by atoms with Crippen LogP contribution in [0.25, 0.3) is 0 Å². The summed E-state index contributed by atoms with van der Waals surface area (Å²) >= 11 is 0. The SMILES string of the molecule is CC1CCCC1C(NN)c1ccco1. The smallest absolute Gasteiger partial charge is 0.122 e. The third-order valence-corrected chi connectivity index (χ3v) is 3.39. The normalized spacial score (nSPS) is 29.3. The maximum atomic E-state index is 5.60. The molecular formula is C11H18N2O. The fourth-order valence-electron chi connectivity index (χ4n) is 2.55. The molecule has 0 saturated heterocycles. The molecule has 14 heavy (non-hydrogen) atoms. The van der Waals surface area contributed by atoms with E-state index in [1.165, 1.54) is 19.3 Å². The van der Waals surface area contributed by atoms with Gasteiger partial charge in [-0.3, -0.25) is 5.84 Å². The third-order valence-electron chi connectivity index (χ3n) is 3.39. The molecule has 0 aromatic carbocycles. The molecule has 3 heteroatoms. The first kappa shape index (κ1) is 9.74. The zero-order valence-corrected chi connectivity index (χ0v) is 8.57. The minimum Gasteiger partial charge on any atom is -0.468 e. The first-order valence-corrected chi connectivity index (χ1v) is 5.32. The van der Waals surface area contributed by atoms with Crippen LogP contribution in [0.3, 0.4) is 0 Å². The average molecular weight is 194 g/mol. The van der Waals surface area contributed by atoms with Gasteiger partial charge in [0.15, 0.2) is 0 Å². The first-order chi connectivity index (χ1) is 6.83. The average Bonchev–Trinajstić information content (AvgIpc) is 2.80. The van der Waals surface area contributed by atoms with Crippen molar-refractivity contribution in [2.24, 2.45) is 17.7 Å². The molecule has 1 aliphatic rings. The van der Waals surface area contributed by atoms with Crippen molar-refractivity contribution in [3.8, 4) is 0 Å². The Labute approximate surface area is 84.6 Å². The van der Waals surface area contributed by atoms with E-state index in [0.29, 0.717) is 5.92 Å². The van der Waals surface area contributed by atoms with E-state index < -0.39 is 0 Å². The number of hydrogen-bond donors (Lipinski definition) is 2. The largest absolute Gasteiger partial charge is 0.468 e. The molecule has 2 rings (SSSR count). The molecule has 0 spiro atoms. The van der Waals surface area contributed by atoms with Gasteiger partial charge in [-0.15, -0.1) is 0 Å². The van der Waals surface area contributed by atoms with Gasteiger partial charge >= 0.3 is 0 Å². The molecule has 1 fully saturated rings. The second kappa shape index (κ2) is 4.15. The van der Waals surface area contributed by atoms with Gasteiger partial charge in [-0.2, -0.15) is 0 Å². The topological polar surface area (TPSA) is 51.2 Å². The number of rotatable bonds is 3. The number of hydrazine groups is 1. The van der Waals surface area contributed by atoms with Gasteiger partial charge in [-0.1, -0.05) is 19.8 Å². The van der Waals surface area contributed by atoms with E-state index in [0.717, 1.165) is 11.7 Å². The van der Waals surface area contributed by atoms with Gasteiger partial charge in [0.1, 0.15) is 5.76 Å². The molecule has 1 aromatic heterocycles. The summed E-state index contributed by atoms with van der Waals surface area (Å²) in [7, 11) is 0. The van der Waals surface area contributed by atoms with Crippen LogP contribution in [0.4, 0.5) is 0 Å². The summed E-state index contributed by atoms with van der Waals surface area (Å²) < 4.78 is 5.40. The van der Waals surface area contributed by atoms with Crippen LogP contribution in [0, 0.1) is 11.8 Å². The van der Waals surface area contributed by atoms with Crippen LogP contribution in [0.5, 0.6) is 0 Å². The van der Waals surface area contributed by atoms with Crippen LogP contribution in [-0.4, -0.2) is 0 Å². The van der Waals surface area contributed by atoms with Crippen molar-refractivity contribution >= 4 is 0 Å². The molecule has 1 heterocycles. The highest BCUT2D eigenvalue weighted by molar-refractivity contribution is 5.06. The predicted octanol–water partition coefficient (Wildman–Crippen LogP) is 2.22. The van der Waals surface area contributed by atoms with E-state index in [1.54, 1.807) is 6.26 Å². The molecule has 78 valence electrons. The molecule has 0 bridgehead atoms. The second-order valence-corrected chi connectivity index (χ2v) is 4.23. The Balaban J connectivity index is 2.13. The summed E-state index contributed by atoms with van der Waals surface area (Å²) in [6.45, 7) is 2.30. The standard InChI is InChI=1S/C11H18N2O/c1-8-4-2-5-9(8)11(13-12)10-6-3-7-14-10/h3,6-9,11,13H,2,4-5,12H2,1H3. The summed E-state index contributed by atoms with van der Waals surface area (Å²) in [5.41, 5.74) is 2.88. The fraction of sp³-hybridized carbons (Fsp3) is 0.636.